The minimum atomic E-state index is -0.188. The third-order valence-electron chi connectivity index (χ3n) is 2.87. The molecule has 2 N–H and O–H groups in total. The van der Waals surface area contributed by atoms with Crippen molar-refractivity contribution in [1.82, 2.24) is 5.32 Å². The Morgan fingerprint density at radius 1 is 1.45 bits per heavy atom. The van der Waals surface area contributed by atoms with Crippen molar-refractivity contribution in [2.45, 2.75) is 6.42 Å². The van der Waals surface area contributed by atoms with E-state index in [9.17, 15) is 9.90 Å². The third-order valence-corrected chi connectivity index (χ3v) is 3.37. The first kappa shape index (κ1) is 16.9. The van der Waals surface area contributed by atoms with Gasteiger partial charge in [0, 0.05) is 30.7 Å². The standard InChI is InChI=1S/C14H20BrNO4/c1-19-9-14(18)16-7-10(8-17)5-11-6-12(15)3-4-13(11)20-2/h3-4,6,10,17H,5,7-9H2,1-2H3,(H,16,18)/t10-/m1/s1. The molecular formula is C14H20BrNO4. The molecule has 0 aromatic heterocycles. The summed E-state index contributed by atoms with van der Waals surface area (Å²) < 4.78 is 11.0. The van der Waals surface area contributed by atoms with Crippen LogP contribution in [-0.4, -0.2) is 45.0 Å². The molecule has 1 atom stereocenters. The van der Waals surface area contributed by atoms with E-state index in [1.165, 1.54) is 7.11 Å². The molecule has 0 unspecified atom stereocenters. The second-order valence-electron chi connectivity index (χ2n) is 4.45. The molecule has 1 aromatic carbocycles. The van der Waals surface area contributed by atoms with Crippen LogP contribution in [0.5, 0.6) is 5.75 Å². The highest BCUT2D eigenvalue weighted by Gasteiger charge is 2.13. The molecule has 0 radical (unpaired) electrons. The third kappa shape index (κ3) is 5.48. The van der Waals surface area contributed by atoms with Gasteiger partial charge >= 0.3 is 0 Å². The molecule has 1 rings (SSSR count). The van der Waals surface area contributed by atoms with Crippen LogP contribution in [0.3, 0.4) is 0 Å². The van der Waals surface area contributed by atoms with E-state index in [2.05, 4.69) is 21.2 Å². The lowest BCUT2D eigenvalue weighted by Gasteiger charge is -2.17. The van der Waals surface area contributed by atoms with Crippen molar-refractivity contribution >= 4 is 21.8 Å². The van der Waals surface area contributed by atoms with Crippen molar-refractivity contribution in [2.24, 2.45) is 5.92 Å². The van der Waals surface area contributed by atoms with Crippen molar-refractivity contribution < 1.29 is 19.4 Å². The number of hydrogen-bond donors (Lipinski definition) is 2. The van der Waals surface area contributed by atoms with Gasteiger partial charge < -0.3 is 19.9 Å². The van der Waals surface area contributed by atoms with Gasteiger partial charge in [0.25, 0.3) is 0 Å². The second kappa shape index (κ2) is 8.94. The smallest absolute Gasteiger partial charge is 0.245 e. The highest BCUT2D eigenvalue weighted by molar-refractivity contribution is 9.10. The summed E-state index contributed by atoms with van der Waals surface area (Å²) in [5.41, 5.74) is 0.988. The molecule has 0 aliphatic heterocycles. The first-order valence-electron chi connectivity index (χ1n) is 6.29. The first-order valence-corrected chi connectivity index (χ1v) is 7.09. The lowest BCUT2D eigenvalue weighted by Crippen LogP contribution is -2.34. The number of benzene rings is 1. The SMILES string of the molecule is COCC(=O)NC[C@H](CO)Cc1cc(Br)ccc1OC. The fraction of sp³-hybridized carbons (Fsp3) is 0.500. The van der Waals surface area contributed by atoms with E-state index >= 15 is 0 Å². The number of amides is 1. The quantitative estimate of drug-likeness (QED) is 0.746. The number of aliphatic hydroxyl groups is 1. The summed E-state index contributed by atoms with van der Waals surface area (Å²) >= 11 is 3.42. The molecule has 0 fully saturated rings. The van der Waals surface area contributed by atoms with Gasteiger partial charge in [0.15, 0.2) is 0 Å². The first-order chi connectivity index (χ1) is 9.60. The number of carbonyl (C=O) groups excluding carboxylic acids is 1. The largest absolute Gasteiger partial charge is 0.496 e. The number of carbonyl (C=O) groups is 1. The van der Waals surface area contributed by atoms with Crippen LogP contribution >= 0.6 is 15.9 Å². The van der Waals surface area contributed by atoms with E-state index in [0.717, 1.165) is 15.8 Å². The molecule has 0 saturated heterocycles. The molecule has 0 aliphatic carbocycles. The Kier molecular flexibility index (Phi) is 7.58. The number of aliphatic hydroxyl groups excluding tert-OH is 1. The monoisotopic (exact) mass is 345 g/mol. The molecule has 0 spiro atoms. The van der Waals surface area contributed by atoms with Gasteiger partial charge in [0.1, 0.15) is 12.4 Å². The molecule has 1 amide bonds. The minimum absolute atomic E-state index is 0.0110. The predicted octanol–water partition coefficient (Wildman–Crippen LogP) is 1.37. The van der Waals surface area contributed by atoms with Gasteiger partial charge in [-0.15, -0.1) is 0 Å². The molecule has 0 bridgehead atoms. The average Bonchev–Trinajstić information content (AvgIpc) is 2.44. The predicted molar refractivity (Wildman–Crippen MR) is 79.9 cm³/mol. The molecule has 0 heterocycles. The Bertz CT molecular complexity index is 439. The van der Waals surface area contributed by atoms with Crippen LogP contribution in [0.15, 0.2) is 22.7 Å². The van der Waals surface area contributed by atoms with E-state index in [-0.39, 0.29) is 25.0 Å². The highest BCUT2D eigenvalue weighted by atomic mass is 79.9. The van der Waals surface area contributed by atoms with Crippen LogP contribution in [0.1, 0.15) is 5.56 Å². The summed E-state index contributed by atoms with van der Waals surface area (Å²) in [4.78, 5) is 11.3. The molecule has 112 valence electrons. The molecule has 0 saturated carbocycles. The topological polar surface area (TPSA) is 67.8 Å². The van der Waals surface area contributed by atoms with Gasteiger partial charge in [-0.2, -0.15) is 0 Å². The number of methoxy groups -OCH3 is 2. The van der Waals surface area contributed by atoms with Crippen LogP contribution < -0.4 is 10.1 Å². The van der Waals surface area contributed by atoms with Gasteiger partial charge in [0.2, 0.25) is 5.91 Å². The molecule has 6 heteroatoms. The number of hydrogen-bond acceptors (Lipinski definition) is 4. The Hall–Kier alpha value is -1.11. The van der Waals surface area contributed by atoms with Crippen molar-refractivity contribution in [3.8, 4) is 5.75 Å². The highest BCUT2D eigenvalue weighted by Crippen LogP contribution is 2.25. The Morgan fingerprint density at radius 2 is 2.20 bits per heavy atom. The summed E-state index contributed by atoms with van der Waals surface area (Å²) in [5.74, 6) is 0.515. The number of nitrogens with one attached hydrogen (secondary N) is 1. The summed E-state index contributed by atoms with van der Waals surface area (Å²) in [7, 11) is 3.08. The van der Waals surface area contributed by atoms with Crippen LogP contribution in [-0.2, 0) is 16.0 Å². The zero-order chi connectivity index (χ0) is 15.0. The van der Waals surface area contributed by atoms with Crippen LogP contribution in [0.25, 0.3) is 0 Å². The van der Waals surface area contributed by atoms with Gasteiger partial charge in [-0.3, -0.25) is 4.79 Å². The summed E-state index contributed by atoms with van der Waals surface area (Å²) in [6, 6.07) is 5.73. The maximum Gasteiger partial charge on any atom is 0.245 e. The van der Waals surface area contributed by atoms with Crippen molar-refractivity contribution in [3.05, 3.63) is 28.2 Å². The van der Waals surface area contributed by atoms with E-state index < -0.39 is 0 Å². The second-order valence-corrected chi connectivity index (χ2v) is 5.36. The molecular weight excluding hydrogens is 326 g/mol. The lowest BCUT2D eigenvalue weighted by molar-refractivity contribution is -0.124. The molecule has 0 aliphatic rings. The van der Waals surface area contributed by atoms with Crippen molar-refractivity contribution in [1.29, 1.82) is 0 Å². The van der Waals surface area contributed by atoms with E-state index in [1.807, 2.05) is 18.2 Å². The minimum Gasteiger partial charge on any atom is -0.496 e. The zero-order valence-electron chi connectivity index (χ0n) is 11.7. The summed E-state index contributed by atoms with van der Waals surface area (Å²) in [6.45, 7) is 0.412. The fourth-order valence-corrected chi connectivity index (χ4v) is 2.27. The maximum absolute atomic E-state index is 11.3. The molecule has 20 heavy (non-hydrogen) atoms. The van der Waals surface area contributed by atoms with Gasteiger partial charge in [-0.25, -0.2) is 0 Å². The van der Waals surface area contributed by atoms with Gasteiger partial charge in [0.05, 0.1) is 7.11 Å². The fourth-order valence-electron chi connectivity index (χ4n) is 1.86. The summed E-state index contributed by atoms with van der Waals surface area (Å²) in [6.07, 6.45) is 0.617. The van der Waals surface area contributed by atoms with Crippen LogP contribution in [0, 0.1) is 5.92 Å². The Labute approximate surface area is 127 Å². The van der Waals surface area contributed by atoms with Crippen LogP contribution in [0.4, 0.5) is 0 Å². The van der Waals surface area contributed by atoms with Gasteiger partial charge in [-0.1, -0.05) is 15.9 Å². The number of halogens is 1. The van der Waals surface area contributed by atoms with E-state index in [1.54, 1.807) is 7.11 Å². The number of rotatable bonds is 8. The summed E-state index contributed by atoms with van der Waals surface area (Å²) in [5, 5.41) is 12.2. The number of ether oxygens (including phenoxy) is 2. The average molecular weight is 346 g/mol. The van der Waals surface area contributed by atoms with E-state index in [0.29, 0.717) is 13.0 Å². The normalized spacial score (nSPS) is 12.0. The van der Waals surface area contributed by atoms with Crippen molar-refractivity contribution in [2.75, 3.05) is 34.0 Å². The van der Waals surface area contributed by atoms with E-state index in [4.69, 9.17) is 9.47 Å². The maximum atomic E-state index is 11.3. The van der Waals surface area contributed by atoms with Crippen LogP contribution in [0.2, 0.25) is 0 Å². The Balaban J connectivity index is 2.63. The van der Waals surface area contributed by atoms with Gasteiger partial charge in [-0.05, 0) is 30.2 Å². The zero-order valence-corrected chi connectivity index (χ0v) is 13.3. The lowest BCUT2D eigenvalue weighted by atomic mass is 9.99. The van der Waals surface area contributed by atoms with Crippen molar-refractivity contribution in [3.63, 3.8) is 0 Å². The Morgan fingerprint density at radius 3 is 2.80 bits per heavy atom. The molecule has 5 nitrogen and oxygen atoms in total. The molecule has 1 aromatic rings.